The topological polar surface area (TPSA) is 50.3 Å². The van der Waals surface area contributed by atoms with E-state index in [0.717, 1.165) is 0 Å². The van der Waals surface area contributed by atoms with Crippen molar-refractivity contribution < 1.29 is 8.42 Å². The van der Waals surface area contributed by atoms with Gasteiger partial charge < -0.3 is 0 Å². The highest BCUT2D eigenvalue weighted by Gasteiger charge is 2.53. The number of thiazole rings is 1. The van der Waals surface area contributed by atoms with Gasteiger partial charge in [-0.15, -0.1) is 34.5 Å². The first-order valence-electron chi connectivity index (χ1n) is 6.26. The van der Waals surface area contributed by atoms with Gasteiger partial charge in [-0.2, -0.15) is 0 Å². The molecule has 0 spiro atoms. The highest BCUT2D eigenvalue weighted by molar-refractivity contribution is 7.93. The molecule has 1 fully saturated rings. The molecule has 0 unspecified atom stereocenters. The van der Waals surface area contributed by atoms with Crippen molar-refractivity contribution in [2.45, 2.75) is 15.6 Å². The minimum absolute atomic E-state index is 0.0804. The molecule has 112 valence electrons. The van der Waals surface area contributed by atoms with Crippen molar-refractivity contribution >= 4 is 49.7 Å². The molecule has 0 radical (unpaired) electrons. The van der Waals surface area contributed by atoms with Crippen LogP contribution in [-0.2, 0) is 10.0 Å². The quantitative estimate of drug-likeness (QED) is 0.764. The summed E-state index contributed by atoms with van der Waals surface area (Å²) in [7, 11) is -3.67. The van der Waals surface area contributed by atoms with Gasteiger partial charge in [0.25, 0.3) is 10.0 Å². The molecule has 21 heavy (non-hydrogen) atoms. The lowest BCUT2D eigenvalue weighted by Gasteiger charge is -2.22. The Bertz CT molecular complexity index is 718. The number of anilines is 1. The summed E-state index contributed by atoms with van der Waals surface area (Å²) in [5, 5.41) is 2.17. The van der Waals surface area contributed by atoms with E-state index >= 15 is 0 Å². The van der Waals surface area contributed by atoms with E-state index in [-0.39, 0.29) is 17.4 Å². The predicted octanol–water partition coefficient (Wildman–Crippen LogP) is 3.53. The van der Waals surface area contributed by atoms with Gasteiger partial charge in [0.2, 0.25) is 0 Å². The van der Waals surface area contributed by atoms with Gasteiger partial charge in [0.05, 0.1) is 4.90 Å². The molecule has 0 bridgehead atoms. The van der Waals surface area contributed by atoms with Crippen molar-refractivity contribution in [1.29, 1.82) is 0 Å². The van der Waals surface area contributed by atoms with E-state index in [0.29, 0.717) is 11.6 Å². The molecule has 8 heteroatoms. The van der Waals surface area contributed by atoms with Gasteiger partial charge in [0, 0.05) is 24.0 Å². The fourth-order valence-corrected chi connectivity index (χ4v) is 4.88. The molecule has 1 atom stereocenters. The molecule has 3 rings (SSSR count). The average Bonchev–Trinajstić information content (AvgIpc) is 2.87. The van der Waals surface area contributed by atoms with E-state index in [1.165, 1.54) is 15.6 Å². The zero-order valence-electron chi connectivity index (χ0n) is 10.8. The van der Waals surface area contributed by atoms with Gasteiger partial charge in [-0.1, -0.05) is 18.2 Å². The number of sulfonamides is 1. The second-order valence-corrected chi connectivity index (χ2v) is 9.10. The van der Waals surface area contributed by atoms with Crippen molar-refractivity contribution in [3.8, 4) is 0 Å². The minimum atomic E-state index is -3.67. The number of aromatic nitrogens is 1. The largest absolute Gasteiger partial charge is 0.266 e. The standard InChI is InChI=1S/C13H12Cl2N2O2S2/c14-13(15)8-10(13)9-17(12-16-6-7-20-12)21(18,19)11-4-2-1-3-5-11/h1-7,10H,8-9H2/t10-/m1/s1. The van der Waals surface area contributed by atoms with Crippen LogP contribution < -0.4 is 4.31 Å². The maximum absolute atomic E-state index is 12.8. The van der Waals surface area contributed by atoms with E-state index in [1.807, 2.05) is 0 Å². The fourth-order valence-electron chi connectivity index (χ4n) is 2.01. The van der Waals surface area contributed by atoms with Gasteiger partial charge in [0.1, 0.15) is 4.33 Å². The highest BCUT2D eigenvalue weighted by atomic mass is 35.5. The maximum atomic E-state index is 12.8. The number of hydrogen-bond donors (Lipinski definition) is 0. The van der Waals surface area contributed by atoms with Crippen LogP contribution in [0.5, 0.6) is 0 Å². The van der Waals surface area contributed by atoms with Crippen molar-refractivity contribution in [2.24, 2.45) is 5.92 Å². The van der Waals surface area contributed by atoms with Crippen LogP contribution in [0.1, 0.15) is 6.42 Å². The summed E-state index contributed by atoms with van der Waals surface area (Å²) < 4.78 is 26.1. The molecule has 1 aromatic carbocycles. The zero-order valence-corrected chi connectivity index (χ0v) is 14.0. The second-order valence-electron chi connectivity index (χ2n) is 4.83. The molecule has 4 nitrogen and oxygen atoms in total. The van der Waals surface area contributed by atoms with Crippen LogP contribution in [0, 0.1) is 5.92 Å². The molecule has 0 saturated heterocycles. The first-order valence-corrected chi connectivity index (χ1v) is 9.34. The third-order valence-electron chi connectivity index (χ3n) is 3.31. The number of alkyl halides is 2. The van der Waals surface area contributed by atoms with E-state index in [9.17, 15) is 8.42 Å². The Hall–Kier alpha value is -0.820. The summed E-state index contributed by atoms with van der Waals surface area (Å²) in [5.74, 6) is -0.0804. The normalized spacial score (nSPS) is 20.2. The van der Waals surface area contributed by atoms with E-state index < -0.39 is 14.4 Å². The Labute approximate surface area is 137 Å². The van der Waals surface area contributed by atoms with Gasteiger partial charge in [-0.25, -0.2) is 17.7 Å². The number of nitrogens with zero attached hydrogens (tertiary/aromatic N) is 2. The molecule has 1 saturated carbocycles. The molecule has 1 heterocycles. The smallest absolute Gasteiger partial charge is 0.241 e. The van der Waals surface area contributed by atoms with Gasteiger partial charge in [-0.3, -0.25) is 0 Å². The Kier molecular flexibility index (Phi) is 3.90. The summed E-state index contributed by atoms with van der Waals surface area (Å²) in [4.78, 5) is 4.35. The van der Waals surface area contributed by atoms with Crippen molar-refractivity contribution in [2.75, 3.05) is 10.8 Å². The lowest BCUT2D eigenvalue weighted by Crippen LogP contribution is -2.33. The molecule has 0 amide bonds. The third-order valence-corrected chi connectivity index (χ3v) is 6.91. The van der Waals surface area contributed by atoms with Crippen LogP contribution in [0.2, 0.25) is 0 Å². The molecule has 1 aromatic heterocycles. The van der Waals surface area contributed by atoms with Crippen molar-refractivity contribution in [1.82, 2.24) is 4.98 Å². The monoisotopic (exact) mass is 362 g/mol. The van der Waals surface area contributed by atoms with E-state index in [2.05, 4.69) is 4.98 Å². The number of hydrogen-bond acceptors (Lipinski definition) is 4. The first-order chi connectivity index (χ1) is 9.91. The zero-order chi connectivity index (χ0) is 15.1. The van der Waals surface area contributed by atoms with Gasteiger partial charge in [-0.05, 0) is 18.6 Å². The van der Waals surface area contributed by atoms with Crippen LogP contribution in [0.3, 0.4) is 0 Å². The summed E-state index contributed by atoms with van der Waals surface area (Å²) >= 11 is 13.3. The molecule has 1 aliphatic carbocycles. The van der Waals surface area contributed by atoms with E-state index in [1.54, 1.807) is 41.9 Å². The SMILES string of the molecule is O=S(=O)(c1ccccc1)N(C[C@H]1CC1(Cl)Cl)c1nccs1. The number of benzene rings is 1. The molecular formula is C13H12Cl2N2O2S2. The van der Waals surface area contributed by atoms with Crippen LogP contribution in [0.25, 0.3) is 0 Å². The number of rotatable bonds is 5. The van der Waals surface area contributed by atoms with E-state index in [4.69, 9.17) is 23.2 Å². The molecule has 1 aliphatic rings. The van der Waals surface area contributed by atoms with Gasteiger partial charge in [0.15, 0.2) is 5.13 Å². The molecule has 0 N–H and O–H groups in total. The average molecular weight is 363 g/mol. The Morgan fingerprint density at radius 3 is 2.52 bits per heavy atom. The summed E-state index contributed by atoms with van der Waals surface area (Å²) in [6.45, 7) is 0.234. The molecule has 2 aromatic rings. The Morgan fingerprint density at radius 1 is 1.33 bits per heavy atom. The van der Waals surface area contributed by atoms with Crippen LogP contribution in [0.15, 0.2) is 46.8 Å². The van der Waals surface area contributed by atoms with Crippen LogP contribution in [0.4, 0.5) is 5.13 Å². The number of halogens is 2. The summed E-state index contributed by atoms with van der Waals surface area (Å²) in [5.41, 5.74) is 0. The Morgan fingerprint density at radius 2 is 2.00 bits per heavy atom. The Balaban J connectivity index is 1.96. The van der Waals surface area contributed by atoms with Crippen LogP contribution >= 0.6 is 34.5 Å². The summed E-state index contributed by atoms with van der Waals surface area (Å²) in [6.07, 6.45) is 2.16. The fraction of sp³-hybridized carbons (Fsp3) is 0.308. The second kappa shape index (κ2) is 5.43. The highest BCUT2D eigenvalue weighted by Crippen LogP contribution is 2.54. The minimum Gasteiger partial charge on any atom is -0.241 e. The van der Waals surface area contributed by atoms with Crippen LogP contribution in [-0.4, -0.2) is 24.3 Å². The van der Waals surface area contributed by atoms with Gasteiger partial charge >= 0.3 is 0 Å². The molecular weight excluding hydrogens is 351 g/mol. The third kappa shape index (κ3) is 3.04. The molecule has 0 aliphatic heterocycles. The van der Waals surface area contributed by atoms with Crippen molar-refractivity contribution in [3.05, 3.63) is 41.9 Å². The summed E-state index contributed by atoms with van der Waals surface area (Å²) in [6, 6.07) is 8.29. The van der Waals surface area contributed by atoms with Crippen molar-refractivity contribution in [3.63, 3.8) is 0 Å². The lowest BCUT2D eigenvalue weighted by molar-refractivity contribution is 0.588. The predicted molar refractivity (Wildman–Crippen MR) is 85.6 cm³/mol. The maximum Gasteiger partial charge on any atom is 0.266 e. The lowest BCUT2D eigenvalue weighted by atomic mass is 10.4. The first kappa shape index (κ1) is 15.1.